The Morgan fingerprint density at radius 3 is 2.68 bits per heavy atom. The van der Waals surface area contributed by atoms with Gasteiger partial charge in [0, 0.05) is 48.7 Å². The van der Waals surface area contributed by atoms with Gasteiger partial charge in [-0.1, -0.05) is 12.1 Å². The average Bonchev–Trinajstić information content (AvgIpc) is 3.10. The summed E-state index contributed by atoms with van der Waals surface area (Å²) in [5.74, 6) is 1.47. The second-order valence-corrected chi connectivity index (χ2v) is 6.90. The van der Waals surface area contributed by atoms with Crippen LogP contribution in [0.15, 0.2) is 48.9 Å². The minimum Gasteiger partial charge on any atom is -0.481 e. The summed E-state index contributed by atoms with van der Waals surface area (Å²) in [6.45, 7) is 4.78. The molecule has 6 heteroatoms. The number of rotatable bonds is 6. The normalized spacial score (nSPS) is 11.0. The van der Waals surface area contributed by atoms with Gasteiger partial charge in [0.2, 0.25) is 5.88 Å². The van der Waals surface area contributed by atoms with Crippen LogP contribution < -0.4 is 10.1 Å². The van der Waals surface area contributed by atoms with Gasteiger partial charge in [-0.25, -0.2) is 15.0 Å². The number of nitrogens with zero attached hydrogens (tertiary/aromatic N) is 3. The van der Waals surface area contributed by atoms with Crippen molar-refractivity contribution < 1.29 is 4.74 Å². The molecule has 0 atom stereocenters. The number of hydrogen-bond acceptors (Lipinski definition) is 5. The quantitative estimate of drug-likeness (QED) is 0.530. The number of H-pyrrole nitrogens is 1. The zero-order chi connectivity index (χ0) is 19.5. The van der Waals surface area contributed by atoms with E-state index in [9.17, 15) is 0 Å². The number of aromatic amines is 1. The Hall–Kier alpha value is -3.41. The highest BCUT2D eigenvalue weighted by molar-refractivity contribution is 5.80. The number of pyridine rings is 3. The van der Waals surface area contributed by atoms with Crippen LogP contribution in [0.25, 0.3) is 11.0 Å². The molecule has 2 N–H and O–H groups in total. The molecule has 4 rings (SSSR count). The minimum absolute atomic E-state index is 0.616. The molecule has 4 heterocycles. The van der Waals surface area contributed by atoms with Crippen LogP contribution in [-0.2, 0) is 13.0 Å². The number of ether oxygens (including phenoxy) is 1. The van der Waals surface area contributed by atoms with Crippen molar-refractivity contribution in [1.29, 1.82) is 0 Å². The average molecular weight is 373 g/mol. The molecule has 0 aliphatic heterocycles. The Bertz CT molecular complexity index is 1100. The molecule has 0 amide bonds. The predicted molar refractivity (Wildman–Crippen MR) is 111 cm³/mol. The van der Waals surface area contributed by atoms with E-state index in [2.05, 4.69) is 39.3 Å². The zero-order valence-electron chi connectivity index (χ0n) is 16.3. The van der Waals surface area contributed by atoms with Crippen LogP contribution in [0.4, 0.5) is 5.82 Å². The fourth-order valence-electron chi connectivity index (χ4n) is 3.22. The van der Waals surface area contributed by atoms with Gasteiger partial charge in [0.25, 0.3) is 0 Å². The third kappa shape index (κ3) is 3.81. The molecule has 0 unspecified atom stereocenters. The molecule has 0 saturated carbocycles. The number of methoxy groups -OCH3 is 1. The highest BCUT2D eigenvalue weighted by atomic mass is 16.5. The summed E-state index contributed by atoms with van der Waals surface area (Å²) in [6, 6.07) is 10.2. The van der Waals surface area contributed by atoms with Crippen LogP contribution in [0.5, 0.6) is 5.88 Å². The topological polar surface area (TPSA) is 75.7 Å². The first-order valence-electron chi connectivity index (χ1n) is 9.24. The Balaban J connectivity index is 1.47. The van der Waals surface area contributed by atoms with Gasteiger partial charge in [-0.2, -0.15) is 0 Å². The summed E-state index contributed by atoms with van der Waals surface area (Å²) in [7, 11) is 1.61. The highest BCUT2D eigenvalue weighted by Gasteiger charge is 2.09. The molecule has 6 nitrogen and oxygen atoms in total. The van der Waals surface area contributed by atoms with E-state index in [0.29, 0.717) is 12.4 Å². The molecule has 0 saturated heterocycles. The van der Waals surface area contributed by atoms with Gasteiger partial charge in [-0.05, 0) is 48.2 Å². The zero-order valence-corrected chi connectivity index (χ0v) is 16.3. The monoisotopic (exact) mass is 373 g/mol. The smallest absolute Gasteiger partial charge is 0.212 e. The van der Waals surface area contributed by atoms with Gasteiger partial charge in [-0.15, -0.1) is 0 Å². The second-order valence-electron chi connectivity index (χ2n) is 6.90. The van der Waals surface area contributed by atoms with Gasteiger partial charge in [0.05, 0.1) is 7.11 Å². The lowest BCUT2D eigenvalue weighted by molar-refractivity contribution is 0.397. The highest BCUT2D eigenvalue weighted by Crippen LogP contribution is 2.22. The molecular weight excluding hydrogens is 350 g/mol. The molecule has 0 aromatic carbocycles. The van der Waals surface area contributed by atoms with Gasteiger partial charge in [0.1, 0.15) is 11.5 Å². The molecule has 0 spiro atoms. The van der Waals surface area contributed by atoms with Crippen LogP contribution in [-0.4, -0.2) is 27.0 Å². The van der Waals surface area contributed by atoms with Crippen molar-refractivity contribution in [2.75, 3.05) is 12.4 Å². The summed E-state index contributed by atoms with van der Waals surface area (Å²) in [4.78, 5) is 16.6. The summed E-state index contributed by atoms with van der Waals surface area (Å²) in [5.41, 5.74) is 6.63. The predicted octanol–water partition coefficient (Wildman–Crippen LogP) is 4.18. The third-order valence-corrected chi connectivity index (χ3v) is 4.81. The molecule has 4 aromatic rings. The number of fused-ring (bicyclic) bond motifs is 1. The van der Waals surface area contributed by atoms with Crippen molar-refractivity contribution in [2.45, 2.75) is 26.8 Å². The van der Waals surface area contributed by atoms with E-state index in [-0.39, 0.29) is 0 Å². The minimum atomic E-state index is 0.616. The van der Waals surface area contributed by atoms with Gasteiger partial charge in [-0.3, -0.25) is 0 Å². The first kappa shape index (κ1) is 18.0. The lowest BCUT2D eigenvalue weighted by Crippen LogP contribution is -2.04. The summed E-state index contributed by atoms with van der Waals surface area (Å²) < 4.78 is 5.09. The molecule has 0 aliphatic carbocycles. The van der Waals surface area contributed by atoms with Gasteiger partial charge in [0.15, 0.2) is 0 Å². The van der Waals surface area contributed by atoms with Crippen molar-refractivity contribution in [3.8, 4) is 5.88 Å². The Morgan fingerprint density at radius 1 is 1.04 bits per heavy atom. The van der Waals surface area contributed by atoms with Crippen molar-refractivity contribution >= 4 is 16.9 Å². The van der Waals surface area contributed by atoms with E-state index in [1.165, 1.54) is 16.5 Å². The maximum Gasteiger partial charge on any atom is 0.212 e. The van der Waals surface area contributed by atoms with E-state index in [1.807, 2.05) is 37.5 Å². The summed E-state index contributed by atoms with van der Waals surface area (Å²) in [5, 5.41) is 4.53. The molecular formula is C22H23N5O. The fraction of sp³-hybridized carbons (Fsp3) is 0.227. The van der Waals surface area contributed by atoms with Crippen molar-refractivity contribution in [2.24, 2.45) is 0 Å². The van der Waals surface area contributed by atoms with Gasteiger partial charge < -0.3 is 15.0 Å². The first-order valence-corrected chi connectivity index (χ1v) is 9.24. The maximum absolute atomic E-state index is 5.09. The number of nitrogens with one attached hydrogen (secondary N) is 2. The fourth-order valence-corrected chi connectivity index (χ4v) is 3.22. The first-order chi connectivity index (χ1) is 13.6. The molecule has 142 valence electrons. The molecule has 0 fully saturated rings. The largest absolute Gasteiger partial charge is 0.481 e. The Morgan fingerprint density at radius 2 is 1.93 bits per heavy atom. The number of anilines is 1. The molecule has 0 radical (unpaired) electrons. The molecule has 28 heavy (non-hydrogen) atoms. The van der Waals surface area contributed by atoms with Crippen LogP contribution in [0.1, 0.15) is 27.9 Å². The van der Waals surface area contributed by atoms with Crippen molar-refractivity contribution in [1.82, 2.24) is 19.9 Å². The van der Waals surface area contributed by atoms with Crippen molar-refractivity contribution in [3.63, 3.8) is 0 Å². The maximum atomic E-state index is 5.09. The molecule has 4 aromatic heterocycles. The van der Waals surface area contributed by atoms with Crippen LogP contribution in [0, 0.1) is 13.8 Å². The van der Waals surface area contributed by atoms with Crippen LogP contribution >= 0.6 is 0 Å². The second kappa shape index (κ2) is 7.68. The van der Waals surface area contributed by atoms with Crippen LogP contribution in [0.3, 0.4) is 0 Å². The number of aryl methyl sites for hydroxylation is 2. The van der Waals surface area contributed by atoms with E-state index >= 15 is 0 Å². The molecule has 0 aliphatic rings. The molecule has 0 bridgehead atoms. The lowest BCUT2D eigenvalue weighted by Gasteiger charge is -2.10. The van der Waals surface area contributed by atoms with E-state index in [1.54, 1.807) is 13.3 Å². The van der Waals surface area contributed by atoms with Crippen molar-refractivity contribution in [3.05, 3.63) is 76.9 Å². The van der Waals surface area contributed by atoms with E-state index < -0.39 is 0 Å². The standard InChI is InChI=1S/C22H23N5O/c1-14-8-19-18(13-26-22(19)25-10-14)9-17-5-6-20(27-15(17)2)23-11-16-4-7-21(28-3)24-12-16/h4-8,10,12-13H,9,11H2,1-3H3,(H,23,27)(H,25,26). The van der Waals surface area contributed by atoms with E-state index in [4.69, 9.17) is 9.72 Å². The third-order valence-electron chi connectivity index (χ3n) is 4.81. The van der Waals surface area contributed by atoms with E-state index in [0.717, 1.165) is 34.7 Å². The lowest BCUT2D eigenvalue weighted by atomic mass is 10.0. The summed E-state index contributed by atoms with van der Waals surface area (Å²) >= 11 is 0. The van der Waals surface area contributed by atoms with Crippen LogP contribution in [0.2, 0.25) is 0 Å². The summed E-state index contributed by atoms with van der Waals surface area (Å²) in [6.07, 6.45) is 6.56. The Labute approximate surface area is 164 Å². The SMILES string of the molecule is COc1ccc(CNc2ccc(Cc3c[nH]c4ncc(C)cc34)c(C)n2)cn1. The van der Waals surface area contributed by atoms with Gasteiger partial charge >= 0.3 is 0 Å². The number of hydrogen-bond donors (Lipinski definition) is 2. The number of aromatic nitrogens is 4. The Kier molecular flexibility index (Phi) is 4.93.